The van der Waals surface area contributed by atoms with Crippen molar-refractivity contribution in [1.29, 1.82) is 0 Å². The number of benzene rings is 1. The largest absolute Gasteiger partial charge is 0.497 e. The smallest absolute Gasteiger partial charge is 0.346 e. The lowest BCUT2D eigenvalue weighted by Crippen LogP contribution is -2.25. The number of carbonyl (C=O) groups excluding carboxylic acids is 1. The van der Waals surface area contributed by atoms with E-state index >= 15 is 0 Å². The van der Waals surface area contributed by atoms with Crippen LogP contribution in [0.4, 0.5) is 0 Å². The van der Waals surface area contributed by atoms with Crippen molar-refractivity contribution in [2.24, 2.45) is 0 Å². The molecule has 88 valence electrons. The van der Waals surface area contributed by atoms with Crippen LogP contribution in [-0.2, 0) is 9.53 Å². The van der Waals surface area contributed by atoms with Crippen LogP contribution in [0.3, 0.4) is 0 Å². The molecule has 0 bridgehead atoms. The first kappa shape index (κ1) is 12.8. The molecule has 0 saturated heterocycles. The molecule has 0 unspecified atom stereocenters. The molecule has 0 fully saturated rings. The maximum absolute atomic E-state index is 11.2. The minimum atomic E-state index is -0.644. The van der Waals surface area contributed by atoms with Crippen LogP contribution in [-0.4, -0.2) is 26.3 Å². The highest BCUT2D eigenvalue weighted by atomic mass is 79.9. The van der Waals surface area contributed by atoms with E-state index in [-0.39, 0.29) is 0 Å². The fourth-order valence-corrected chi connectivity index (χ4v) is 1.56. The number of halogens is 1. The summed E-state index contributed by atoms with van der Waals surface area (Å²) in [5, 5.41) is 0. The summed E-state index contributed by atoms with van der Waals surface area (Å²) in [6.45, 7) is 1.63. The van der Waals surface area contributed by atoms with Gasteiger partial charge in [0.2, 0.25) is 0 Å². The van der Waals surface area contributed by atoms with Crippen LogP contribution >= 0.6 is 15.9 Å². The van der Waals surface area contributed by atoms with Gasteiger partial charge < -0.3 is 14.2 Å². The fraction of sp³-hybridized carbons (Fsp3) is 0.364. The molecule has 5 heteroatoms. The van der Waals surface area contributed by atoms with E-state index in [1.54, 1.807) is 32.2 Å². The molecule has 1 aromatic carbocycles. The molecule has 0 heterocycles. The summed E-state index contributed by atoms with van der Waals surface area (Å²) in [6.07, 6.45) is -0.644. The quantitative estimate of drug-likeness (QED) is 0.798. The van der Waals surface area contributed by atoms with Gasteiger partial charge in [0, 0.05) is 0 Å². The van der Waals surface area contributed by atoms with Crippen molar-refractivity contribution in [2.75, 3.05) is 14.2 Å². The normalized spacial score (nSPS) is 11.8. The van der Waals surface area contributed by atoms with Crippen molar-refractivity contribution in [2.45, 2.75) is 13.0 Å². The molecule has 4 nitrogen and oxygen atoms in total. The molecule has 0 aliphatic heterocycles. The van der Waals surface area contributed by atoms with Gasteiger partial charge in [0.05, 0.1) is 18.7 Å². The first-order valence-electron chi connectivity index (χ1n) is 4.66. The van der Waals surface area contributed by atoms with Crippen molar-refractivity contribution < 1.29 is 19.0 Å². The summed E-state index contributed by atoms with van der Waals surface area (Å²) in [5.74, 6) is 0.867. The van der Waals surface area contributed by atoms with Gasteiger partial charge in [-0.15, -0.1) is 0 Å². The number of hydrogen-bond donors (Lipinski definition) is 0. The zero-order chi connectivity index (χ0) is 12.1. The zero-order valence-corrected chi connectivity index (χ0v) is 10.9. The maximum atomic E-state index is 11.2. The summed E-state index contributed by atoms with van der Waals surface area (Å²) in [6, 6.07) is 5.24. The minimum Gasteiger partial charge on any atom is -0.497 e. The molecule has 1 atom stereocenters. The Morgan fingerprint density at radius 3 is 2.56 bits per heavy atom. The van der Waals surface area contributed by atoms with E-state index in [4.69, 9.17) is 9.47 Å². The van der Waals surface area contributed by atoms with Crippen LogP contribution < -0.4 is 9.47 Å². The Bertz CT molecular complexity index is 378. The van der Waals surface area contributed by atoms with E-state index in [9.17, 15) is 4.79 Å². The van der Waals surface area contributed by atoms with Gasteiger partial charge in [-0.2, -0.15) is 0 Å². The molecule has 0 N–H and O–H groups in total. The molecular weight excluding hydrogens is 276 g/mol. The highest BCUT2D eigenvalue weighted by Gasteiger charge is 2.16. The van der Waals surface area contributed by atoms with Crippen molar-refractivity contribution in [3.05, 3.63) is 22.7 Å². The summed E-state index contributed by atoms with van der Waals surface area (Å²) >= 11 is 3.33. The van der Waals surface area contributed by atoms with Gasteiger partial charge in [-0.25, -0.2) is 4.79 Å². The molecule has 1 aromatic rings. The van der Waals surface area contributed by atoms with Crippen LogP contribution in [0.1, 0.15) is 6.92 Å². The Morgan fingerprint density at radius 2 is 2.06 bits per heavy atom. The van der Waals surface area contributed by atoms with Crippen molar-refractivity contribution in [3.8, 4) is 11.5 Å². The SMILES string of the molecule is COC(=O)[C@@H](C)Oc1ccc(OC)cc1Br. The second-order valence-electron chi connectivity index (χ2n) is 3.08. The third kappa shape index (κ3) is 3.13. The summed E-state index contributed by atoms with van der Waals surface area (Å²) in [4.78, 5) is 11.2. The molecule has 1 rings (SSSR count). The lowest BCUT2D eigenvalue weighted by Gasteiger charge is -2.14. The highest BCUT2D eigenvalue weighted by molar-refractivity contribution is 9.10. The average molecular weight is 289 g/mol. The van der Waals surface area contributed by atoms with Crippen LogP contribution in [0.5, 0.6) is 11.5 Å². The number of esters is 1. The van der Waals surface area contributed by atoms with Crippen LogP contribution in [0.2, 0.25) is 0 Å². The summed E-state index contributed by atoms with van der Waals surface area (Å²) in [7, 11) is 2.91. The van der Waals surface area contributed by atoms with Crippen molar-refractivity contribution in [3.63, 3.8) is 0 Å². The molecule has 0 amide bonds. The van der Waals surface area contributed by atoms with Gasteiger partial charge in [0.1, 0.15) is 11.5 Å². The predicted octanol–water partition coefficient (Wildman–Crippen LogP) is 2.40. The number of hydrogen-bond acceptors (Lipinski definition) is 4. The van der Waals surface area contributed by atoms with Crippen molar-refractivity contribution >= 4 is 21.9 Å². The van der Waals surface area contributed by atoms with Gasteiger partial charge >= 0.3 is 5.97 Å². The molecule has 0 aliphatic carbocycles. The van der Waals surface area contributed by atoms with E-state index in [0.29, 0.717) is 11.5 Å². The Labute approximate surface area is 103 Å². The summed E-state index contributed by atoms with van der Waals surface area (Å²) in [5.41, 5.74) is 0. The predicted molar refractivity (Wildman–Crippen MR) is 62.8 cm³/mol. The topological polar surface area (TPSA) is 44.8 Å². The summed E-state index contributed by atoms with van der Waals surface area (Å²) < 4.78 is 15.8. The Hall–Kier alpha value is -1.23. The third-order valence-electron chi connectivity index (χ3n) is 1.98. The first-order valence-corrected chi connectivity index (χ1v) is 5.45. The molecule has 0 radical (unpaired) electrons. The zero-order valence-electron chi connectivity index (χ0n) is 9.32. The third-order valence-corrected chi connectivity index (χ3v) is 2.60. The van der Waals surface area contributed by atoms with Crippen LogP contribution in [0.15, 0.2) is 22.7 Å². The first-order chi connectivity index (χ1) is 7.58. The monoisotopic (exact) mass is 288 g/mol. The van der Waals surface area contributed by atoms with Gasteiger partial charge in [-0.3, -0.25) is 0 Å². The van der Waals surface area contributed by atoms with E-state index in [1.807, 2.05) is 0 Å². The van der Waals surface area contributed by atoms with E-state index in [2.05, 4.69) is 20.7 Å². The lowest BCUT2D eigenvalue weighted by molar-refractivity contribution is -0.147. The van der Waals surface area contributed by atoms with Crippen molar-refractivity contribution in [1.82, 2.24) is 0 Å². The molecular formula is C11H13BrO4. The molecule has 0 aromatic heterocycles. The van der Waals surface area contributed by atoms with Crippen LogP contribution in [0.25, 0.3) is 0 Å². The van der Waals surface area contributed by atoms with Gasteiger partial charge in [0.15, 0.2) is 6.10 Å². The number of methoxy groups -OCH3 is 2. The fourth-order valence-electron chi connectivity index (χ4n) is 1.11. The maximum Gasteiger partial charge on any atom is 0.346 e. The standard InChI is InChI=1S/C11H13BrO4/c1-7(11(13)15-3)16-10-5-4-8(14-2)6-9(10)12/h4-7H,1-3H3/t7-/m1/s1. The number of carbonyl (C=O) groups is 1. The minimum absolute atomic E-state index is 0.414. The molecule has 0 spiro atoms. The van der Waals surface area contributed by atoms with Gasteiger partial charge in [-0.05, 0) is 41.1 Å². The Balaban J connectivity index is 2.78. The van der Waals surface area contributed by atoms with E-state index < -0.39 is 12.1 Å². The van der Waals surface area contributed by atoms with Crippen LogP contribution in [0, 0.1) is 0 Å². The second-order valence-corrected chi connectivity index (χ2v) is 3.93. The number of ether oxygens (including phenoxy) is 3. The molecule has 0 aliphatic rings. The van der Waals surface area contributed by atoms with Gasteiger partial charge in [-0.1, -0.05) is 0 Å². The van der Waals surface area contributed by atoms with Gasteiger partial charge in [0.25, 0.3) is 0 Å². The second kappa shape index (κ2) is 5.75. The van der Waals surface area contributed by atoms with E-state index in [1.165, 1.54) is 7.11 Å². The average Bonchev–Trinajstić information content (AvgIpc) is 2.30. The lowest BCUT2D eigenvalue weighted by atomic mass is 10.3. The number of rotatable bonds is 4. The molecule has 0 saturated carbocycles. The van der Waals surface area contributed by atoms with E-state index in [0.717, 1.165) is 4.47 Å². The Morgan fingerprint density at radius 1 is 1.38 bits per heavy atom. The molecule has 16 heavy (non-hydrogen) atoms. The Kier molecular flexibility index (Phi) is 4.61. The highest BCUT2D eigenvalue weighted by Crippen LogP contribution is 2.29.